The molecule has 0 saturated heterocycles. The molecule has 0 bridgehead atoms. The van der Waals surface area contributed by atoms with E-state index < -0.39 is 0 Å². The monoisotopic (exact) mass is 226 g/mol. The smallest absolute Gasteiger partial charge is 0.0568 e. The minimum Gasteiger partial charge on any atom is -0.393 e. The first kappa shape index (κ1) is 14.0. The molecular weight excluding hydrogens is 196 g/mol. The van der Waals surface area contributed by atoms with Gasteiger partial charge in [0.05, 0.1) is 6.10 Å². The highest BCUT2D eigenvalue weighted by Crippen LogP contribution is 2.27. The third kappa shape index (κ3) is 5.89. The Kier molecular flexibility index (Phi) is 7.92. The normalized spacial score (nSPS) is 21.4. The molecule has 1 atom stereocenters. The second-order valence-corrected chi connectivity index (χ2v) is 5.52. The van der Waals surface area contributed by atoms with Crippen molar-refractivity contribution in [3.63, 3.8) is 0 Å². The molecule has 1 heteroatoms. The maximum atomic E-state index is 10.2. The molecule has 0 aliphatic heterocycles. The van der Waals surface area contributed by atoms with Crippen molar-refractivity contribution in [2.24, 2.45) is 5.92 Å². The molecule has 0 amide bonds. The van der Waals surface area contributed by atoms with E-state index in [1.807, 2.05) is 0 Å². The van der Waals surface area contributed by atoms with Gasteiger partial charge in [-0.05, 0) is 25.2 Å². The molecule has 1 unspecified atom stereocenters. The van der Waals surface area contributed by atoms with Gasteiger partial charge < -0.3 is 5.11 Å². The highest BCUT2D eigenvalue weighted by molar-refractivity contribution is 4.71. The van der Waals surface area contributed by atoms with Gasteiger partial charge in [0.25, 0.3) is 0 Å². The Labute approximate surface area is 102 Å². The largest absolute Gasteiger partial charge is 0.393 e. The van der Waals surface area contributed by atoms with Crippen molar-refractivity contribution < 1.29 is 5.11 Å². The zero-order valence-electron chi connectivity index (χ0n) is 11.1. The predicted molar refractivity (Wildman–Crippen MR) is 70.6 cm³/mol. The summed E-state index contributed by atoms with van der Waals surface area (Å²) >= 11 is 0. The standard InChI is InChI=1S/C15H30O/c1-2-3-4-10-13-15(16)14-11-8-6-5-7-9-12-14/h14-16H,2-13H2,1H3. The fourth-order valence-electron chi connectivity index (χ4n) is 2.89. The van der Waals surface area contributed by atoms with Crippen LogP contribution >= 0.6 is 0 Å². The fraction of sp³-hybridized carbons (Fsp3) is 1.00. The molecule has 16 heavy (non-hydrogen) atoms. The van der Waals surface area contributed by atoms with E-state index in [1.54, 1.807) is 0 Å². The van der Waals surface area contributed by atoms with E-state index in [0.29, 0.717) is 5.92 Å². The van der Waals surface area contributed by atoms with E-state index in [1.165, 1.54) is 70.6 Å². The Balaban J connectivity index is 2.14. The van der Waals surface area contributed by atoms with Crippen LogP contribution in [0.5, 0.6) is 0 Å². The van der Waals surface area contributed by atoms with E-state index in [0.717, 1.165) is 6.42 Å². The van der Waals surface area contributed by atoms with Crippen molar-refractivity contribution in [3.8, 4) is 0 Å². The van der Waals surface area contributed by atoms with Crippen molar-refractivity contribution in [3.05, 3.63) is 0 Å². The predicted octanol–water partition coefficient (Wildman–Crippen LogP) is 4.68. The van der Waals surface area contributed by atoms with Gasteiger partial charge in [-0.1, -0.05) is 64.7 Å². The van der Waals surface area contributed by atoms with Gasteiger partial charge in [0, 0.05) is 0 Å². The molecule has 1 nitrogen and oxygen atoms in total. The summed E-state index contributed by atoms with van der Waals surface area (Å²) in [4.78, 5) is 0. The van der Waals surface area contributed by atoms with Gasteiger partial charge in [-0.15, -0.1) is 0 Å². The van der Waals surface area contributed by atoms with Gasteiger partial charge in [-0.2, -0.15) is 0 Å². The van der Waals surface area contributed by atoms with Gasteiger partial charge in [-0.25, -0.2) is 0 Å². The van der Waals surface area contributed by atoms with Crippen LogP contribution in [0.4, 0.5) is 0 Å². The Hall–Kier alpha value is -0.0400. The van der Waals surface area contributed by atoms with Crippen molar-refractivity contribution >= 4 is 0 Å². The molecule has 0 aromatic carbocycles. The molecule has 96 valence electrons. The summed E-state index contributed by atoms with van der Waals surface area (Å²) in [5.74, 6) is 0.613. The Morgan fingerprint density at radius 2 is 1.56 bits per heavy atom. The SMILES string of the molecule is CCCCCCC(O)C1CCCCCCC1. The van der Waals surface area contributed by atoms with E-state index >= 15 is 0 Å². The van der Waals surface area contributed by atoms with Crippen LogP contribution < -0.4 is 0 Å². The first-order valence-electron chi connectivity index (χ1n) is 7.52. The molecule has 1 N–H and O–H groups in total. The van der Waals surface area contributed by atoms with Crippen LogP contribution in [0.25, 0.3) is 0 Å². The minimum absolute atomic E-state index is 0.00467. The van der Waals surface area contributed by atoms with Crippen LogP contribution in [0.2, 0.25) is 0 Å². The van der Waals surface area contributed by atoms with E-state index in [4.69, 9.17) is 0 Å². The lowest BCUT2D eigenvalue weighted by Gasteiger charge is -2.24. The molecule has 1 rings (SSSR count). The van der Waals surface area contributed by atoms with Crippen LogP contribution in [0, 0.1) is 5.92 Å². The molecule has 0 radical (unpaired) electrons. The van der Waals surface area contributed by atoms with Gasteiger partial charge in [-0.3, -0.25) is 0 Å². The molecule has 0 aromatic heterocycles. The summed E-state index contributed by atoms with van der Waals surface area (Å²) < 4.78 is 0. The lowest BCUT2D eigenvalue weighted by molar-refractivity contribution is 0.0807. The lowest BCUT2D eigenvalue weighted by atomic mass is 9.85. The summed E-state index contributed by atoms with van der Waals surface area (Å²) in [5, 5.41) is 10.2. The van der Waals surface area contributed by atoms with Crippen LogP contribution in [-0.2, 0) is 0 Å². The van der Waals surface area contributed by atoms with Crippen LogP contribution in [0.3, 0.4) is 0 Å². The summed E-state index contributed by atoms with van der Waals surface area (Å²) in [6, 6.07) is 0. The van der Waals surface area contributed by atoms with Gasteiger partial charge >= 0.3 is 0 Å². The Morgan fingerprint density at radius 1 is 0.938 bits per heavy atom. The second kappa shape index (κ2) is 9.04. The number of hydrogen-bond acceptors (Lipinski definition) is 1. The van der Waals surface area contributed by atoms with Gasteiger partial charge in [0.15, 0.2) is 0 Å². The van der Waals surface area contributed by atoms with E-state index in [-0.39, 0.29) is 6.10 Å². The van der Waals surface area contributed by atoms with Crippen molar-refractivity contribution in [1.29, 1.82) is 0 Å². The maximum absolute atomic E-state index is 10.2. The average Bonchev–Trinajstić information content (AvgIpc) is 2.23. The van der Waals surface area contributed by atoms with Crippen molar-refractivity contribution in [2.45, 2.75) is 90.1 Å². The van der Waals surface area contributed by atoms with Crippen molar-refractivity contribution in [2.75, 3.05) is 0 Å². The molecule has 0 aromatic rings. The quantitative estimate of drug-likeness (QED) is 0.652. The lowest BCUT2D eigenvalue weighted by Crippen LogP contribution is -2.21. The zero-order valence-corrected chi connectivity index (χ0v) is 11.1. The average molecular weight is 226 g/mol. The highest BCUT2D eigenvalue weighted by Gasteiger charge is 2.19. The third-order valence-corrected chi connectivity index (χ3v) is 4.05. The maximum Gasteiger partial charge on any atom is 0.0568 e. The number of hydrogen-bond donors (Lipinski definition) is 1. The summed E-state index contributed by atoms with van der Waals surface area (Å²) in [5.41, 5.74) is 0. The van der Waals surface area contributed by atoms with Gasteiger partial charge in [0.2, 0.25) is 0 Å². The van der Waals surface area contributed by atoms with E-state index in [2.05, 4.69) is 6.92 Å². The zero-order chi connectivity index (χ0) is 11.6. The highest BCUT2D eigenvalue weighted by atomic mass is 16.3. The molecule has 0 heterocycles. The third-order valence-electron chi connectivity index (χ3n) is 4.05. The topological polar surface area (TPSA) is 20.2 Å². The molecule has 1 aliphatic carbocycles. The molecule has 1 saturated carbocycles. The summed E-state index contributed by atoms with van der Waals surface area (Å²) in [7, 11) is 0. The van der Waals surface area contributed by atoms with Crippen LogP contribution in [0.1, 0.15) is 84.0 Å². The van der Waals surface area contributed by atoms with E-state index in [9.17, 15) is 5.11 Å². The summed E-state index contributed by atoms with van der Waals surface area (Å²) in [6.45, 7) is 2.24. The number of rotatable bonds is 6. The first-order valence-corrected chi connectivity index (χ1v) is 7.52. The Morgan fingerprint density at radius 3 is 2.19 bits per heavy atom. The number of aliphatic hydroxyl groups is 1. The van der Waals surface area contributed by atoms with Crippen LogP contribution in [-0.4, -0.2) is 11.2 Å². The first-order chi connectivity index (χ1) is 7.84. The summed E-state index contributed by atoms with van der Waals surface area (Å²) in [6.07, 6.45) is 15.6. The molecule has 0 spiro atoms. The minimum atomic E-state index is -0.00467. The molecule has 1 aliphatic rings. The molecular formula is C15H30O. The Bertz CT molecular complexity index is 148. The van der Waals surface area contributed by atoms with Crippen LogP contribution in [0.15, 0.2) is 0 Å². The number of unbranched alkanes of at least 4 members (excludes halogenated alkanes) is 3. The van der Waals surface area contributed by atoms with Crippen molar-refractivity contribution in [1.82, 2.24) is 0 Å². The fourth-order valence-corrected chi connectivity index (χ4v) is 2.89. The van der Waals surface area contributed by atoms with Gasteiger partial charge in [0.1, 0.15) is 0 Å². The second-order valence-electron chi connectivity index (χ2n) is 5.52. The number of aliphatic hydroxyl groups excluding tert-OH is 1. The molecule has 1 fully saturated rings.